The van der Waals surface area contributed by atoms with E-state index >= 15 is 0 Å². The average Bonchev–Trinajstić information content (AvgIpc) is 3.27. The Morgan fingerprint density at radius 1 is 0.607 bits per heavy atom. The third kappa shape index (κ3) is 16.7. The van der Waals surface area contributed by atoms with Crippen molar-refractivity contribution in [2.75, 3.05) is 16.8 Å². The third-order valence-electron chi connectivity index (χ3n) is 10.0. The molecule has 0 heterocycles. The van der Waals surface area contributed by atoms with E-state index in [9.17, 15) is 0 Å². The first-order chi connectivity index (χ1) is 29.7. The lowest BCUT2D eigenvalue weighted by Gasteiger charge is -2.26. The Labute approximate surface area is 370 Å². The first-order valence-electron chi connectivity index (χ1n) is 21.8. The topological polar surface area (TPSA) is 6.48 Å². The first-order valence-corrected chi connectivity index (χ1v) is 21.8. The van der Waals surface area contributed by atoms with E-state index in [1.54, 1.807) is 0 Å². The molecule has 0 saturated heterocycles. The number of benzene rings is 3. The summed E-state index contributed by atoms with van der Waals surface area (Å²) in [6.45, 7) is 20.7. The first kappa shape index (κ1) is 49.0. The molecule has 61 heavy (non-hydrogen) atoms. The van der Waals surface area contributed by atoms with Crippen LogP contribution in [0.25, 0.3) is 5.57 Å². The number of rotatable bonds is 22. The molecule has 0 saturated carbocycles. The van der Waals surface area contributed by atoms with E-state index in [1.165, 1.54) is 33.4 Å². The summed E-state index contributed by atoms with van der Waals surface area (Å²) in [6.07, 6.45) is 48.4. The zero-order chi connectivity index (χ0) is 44.2. The minimum atomic E-state index is 0.808. The monoisotopic (exact) mass is 807 g/mol. The summed E-state index contributed by atoms with van der Waals surface area (Å²) in [6, 6.07) is 26.9. The van der Waals surface area contributed by atoms with Gasteiger partial charge >= 0.3 is 0 Å². The van der Waals surface area contributed by atoms with Crippen LogP contribution in [0.15, 0.2) is 235 Å². The van der Waals surface area contributed by atoms with E-state index in [1.807, 2.05) is 39.0 Å². The van der Waals surface area contributed by atoms with Crippen LogP contribution in [0.4, 0.5) is 17.1 Å². The lowest BCUT2D eigenvalue weighted by atomic mass is 9.96. The Morgan fingerprint density at radius 3 is 1.84 bits per heavy atom. The smallest absolute Gasteiger partial charge is 0.0458 e. The van der Waals surface area contributed by atoms with Crippen LogP contribution in [0, 0.1) is 6.92 Å². The van der Waals surface area contributed by atoms with Crippen molar-refractivity contribution in [2.24, 2.45) is 0 Å². The van der Waals surface area contributed by atoms with Crippen molar-refractivity contribution in [3.8, 4) is 0 Å². The Morgan fingerprint density at radius 2 is 1.23 bits per heavy atom. The van der Waals surface area contributed by atoms with Gasteiger partial charge in [0.25, 0.3) is 0 Å². The fourth-order valence-corrected chi connectivity index (χ4v) is 6.67. The fraction of sp³-hybridized carbons (Fsp3) is 0.220. The zero-order valence-electron chi connectivity index (χ0n) is 38.5. The molecule has 0 unspecified atom stereocenters. The number of allylic oxidation sites excluding steroid dienone is 26. The normalized spacial score (nSPS) is 14.1. The number of hydrogen-bond donors (Lipinski definition) is 0. The van der Waals surface area contributed by atoms with Gasteiger partial charge in [-0.05, 0) is 156 Å². The summed E-state index contributed by atoms with van der Waals surface area (Å²) >= 11 is 0. The lowest BCUT2D eigenvalue weighted by molar-refractivity contribution is 0.824. The second kappa shape index (κ2) is 28.2. The number of nitrogens with zero attached hydrogens (tertiary/aromatic N) is 2. The SMILES string of the molecule is C=C/C=C\C=C(/Cc1ccc(N(/C(C)=C/C=C(\CCCC)c2ccc(N(C)C(\C=C/C=C\C)=C/C(/C=C\C)=C/C=C\C)cc2)c2ccc(C)cc2)cc1)C(=C/C=C\C)/C=C\C. The van der Waals surface area contributed by atoms with Crippen molar-refractivity contribution < 1.29 is 0 Å². The van der Waals surface area contributed by atoms with E-state index in [0.717, 1.165) is 59.7 Å². The van der Waals surface area contributed by atoms with Crippen LogP contribution in [-0.4, -0.2) is 7.05 Å². The van der Waals surface area contributed by atoms with E-state index in [2.05, 4.69) is 240 Å². The van der Waals surface area contributed by atoms with E-state index < -0.39 is 0 Å². The molecule has 0 spiro atoms. The minimum absolute atomic E-state index is 0.808. The number of unbranched alkanes of at least 4 members (excludes halogenated alkanes) is 1. The fourth-order valence-electron chi connectivity index (χ4n) is 6.67. The molecule has 316 valence electrons. The van der Waals surface area contributed by atoms with Gasteiger partial charge in [0.2, 0.25) is 0 Å². The van der Waals surface area contributed by atoms with Gasteiger partial charge < -0.3 is 9.80 Å². The van der Waals surface area contributed by atoms with Crippen LogP contribution in [-0.2, 0) is 6.42 Å². The second-order valence-electron chi connectivity index (χ2n) is 14.8. The van der Waals surface area contributed by atoms with Crippen LogP contribution < -0.4 is 9.80 Å². The van der Waals surface area contributed by atoms with Crippen LogP contribution in [0.2, 0.25) is 0 Å². The van der Waals surface area contributed by atoms with Crippen molar-refractivity contribution >= 4 is 22.6 Å². The molecule has 0 radical (unpaired) electrons. The molecular weight excluding hydrogens is 737 g/mol. The zero-order valence-corrected chi connectivity index (χ0v) is 38.5. The highest BCUT2D eigenvalue weighted by molar-refractivity contribution is 5.72. The Balaban J connectivity index is 2.06. The molecule has 0 aliphatic carbocycles. The molecule has 0 aromatic heterocycles. The molecule has 0 aliphatic heterocycles. The van der Waals surface area contributed by atoms with Crippen molar-refractivity contribution in [1.82, 2.24) is 0 Å². The largest absolute Gasteiger partial charge is 0.345 e. The number of anilines is 3. The summed E-state index contributed by atoms with van der Waals surface area (Å²) < 4.78 is 0. The van der Waals surface area contributed by atoms with Crippen molar-refractivity contribution in [1.29, 1.82) is 0 Å². The predicted octanol–water partition coefficient (Wildman–Crippen LogP) is 17.1. The Hall–Kier alpha value is -6.38. The van der Waals surface area contributed by atoms with Gasteiger partial charge in [0.15, 0.2) is 0 Å². The Kier molecular flexibility index (Phi) is 22.6. The summed E-state index contributed by atoms with van der Waals surface area (Å²) in [7, 11) is 2.14. The molecular formula is C59H70N2. The molecule has 0 N–H and O–H groups in total. The number of aryl methyl sites for hydroxylation is 1. The van der Waals surface area contributed by atoms with E-state index in [-0.39, 0.29) is 0 Å². The lowest BCUT2D eigenvalue weighted by Crippen LogP contribution is -2.15. The standard InChI is InChI=1S/C59H70N2/c1-11-18-23-30-55(52(26-17-7)28-21-14-4)46-51-35-42-58(43-36-51)61(57-40-32-48(8)33-41-57)49(9)34-37-53(29-22-15-5)54-38-44-56(45-39-54)60(10)59(31-24-19-12-2)47-50(25-16-6)27-20-13-3/h11-14,16-21,23-28,30-45,47H,1,15,22,29,46H2,2-10H3/b19-12-,20-13-,21-14-,23-18-,25-16-,26-17-,31-24-,49-34+,50-27+,52-28+,53-37+,55-30+,59-47-. The van der Waals surface area contributed by atoms with Gasteiger partial charge in [0.05, 0.1) is 0 Å². The molecule has 2 heteroatoms. The molecule has 0 amide bonds. The van der Waals surface area contributed by atoms with Crippen LogP contribution >= 0.6 is 0 Å². The van der Waals surface area contributed by atoms with Gasteiger partial charge in [0.1, 0.15) is 0 Å². The van der Waals surface area contributed by atoms with Crippen molar-refractivity contribution in [3.63, 3.8) is 0 Å². The van der Waals surface area contributed by atoms with Crippen molar-refractivity contribution in [3.05, 3.63) is 252 Å². The summed E-state index contributed by atoms with van der Waals surface area (Å²) in [5.41, 5.74) is 14.3. The maximum Gasteiger partial charge on any atom is 0.0458 e. The number of hydrogen-bond acceptors (Lipinski definition) is 2. The van der Waals surface area contributed by atoms with Crippen LogP contribution in [0.5, 0.6) is 0 Å². The summed E-state index contributed by atoms with van der Waals surface area (Å²) in [4.78, 5) is 4.61. The molecule has 2 nitrogen and oxygen atoms in total. The summed E-state index contributed by atoms with van der Waals surface area (Å²) in [5, 5.41) is 0. The minimum Gasteiger partial charge on any atom is -0.345 e. The molecule has 0 aliphatic rings. The van der Waals surface area contributed by atoms with Crippen LogP contribution in [0.1, 0.15) is 84.4 Å². The van der Waals surface area contributed by atoms with Gasteiger partial charge in [-0.15, -0.1) is 0 Å². The Bertz CT molecular complexity index is 2210. The van der Waals surface area contributed by atoms with Crippen molar-refractivity contribution in [2.45, 2.75) is 81.1 Å². The molecule has 0 atom stereocenters. The number of likely N-dealkylation sites (N-methyl/N-ethyl adjacent to an activating group) is 1. The molecule has 3 rings (SSSR count). The quantitative estimate of drug-likeness (QED) is 0.0933. The van der Waals surface area contributed by atoms with Gasteiger partial charge in [-0.25, -0.2) is 0 Å². The maximum atomic E-state index is 3.86. The second-order valence-corrected chi connectivity index (χ2v) is 14.8. The van der Waals surface area contributed by atoms with Gasteiger partial charge in [-0.2, -0.15) is 0 Å². The third-order valence-corrected chi connectivity index (χ3v) is 10.0. The van der Waals surface area contributed by atoms with Gasteiger partial charge in [-0.1, -0.05) is 171 Å². The molecule has 0 fully saturated rings. The van der Waals surface area contributed by atoms with E-state index in [4.69, 9.17) is 0 Å². The van der Waals surface area contributed by atoms with Gasteiger partial charge in [0, 0.05) is 35.5 Å². The summed E-state index contributed by atoms with van der Waals surface area (Å²) in [5.74, 6) is 0. The van der Waals surface area contributed by atoms with E-state index in [0.29, 0.717) is 0 Å². The average molecular weight is 807 g/mol. The highest BCUT2D eigenvalue weighted by Gasteiger charge is 2.13. The molecule has 0 bridgehead atoms. The highest BCUT2D eigenvalue weighted by Crippen LogP contribution is 2.32. The molecule has 3 aromatic carbocycles. The van der Waals surface area contributed by atoms with Crippen LogP contribution in [0.3, 0.4) is 0 Å². The van der Waals surface area contributed by atoms with Gasteiger partial charge in [-0.3, -0.25) is 0 Å². The predicted molar refractivity (Wildman–Crippen MR) is 274 cm³/mol. The highest BCUT2D eigenvalue weighted by atomic mass is 15.1. The maximum absolute atomic E-state index is 3.86. The molecule has 3 aromatic rings.